The van der Waals surface area contributed by atoms with Gasteiger partial charge in [-0.3, -0.25) is 9.48 Å². The van der Waals surface area contributed by atoms with Crippen LogP contribution in [0.1, 0.15) is 35.5 Å². The molecule has 0 aliphatic rings. The summed E-state index contributed by atoms with van der Waals surface area (Å²) in [7, 11) is 1.88. The number of hydrogen-bond acceptors (Lipinski definition) is 2. The van der Waals surface area contributed by atoms with Crippen LogP contribution in [-0.2, 0) is 11.8 Å². The van der Waals surface area contributed by atoms with Crippen LogP contribution in [-0.4, -0.2) is 21.7 Å². The maximum Gasteiger partial charge on any atom is 0.282 e. The molecular weight excluding hydrogens is 336 g/mol. The normalized spacial score (nSPS) is 12.2. The molecule has 27 heavy (non-hydrogen) atoms. The number of anilines is 1. The number of nitrogens with one attached hydrogen (secondary N) is 1. The van der Waals surface area contributed by atoms with E-state index < -0.39 is 0 Å². The van der Waals surface area contributed by atoms with Crippen LogP contribution in [0.15, 0.2) is 60.7 Å². The maximum absolute atomic E-state index is 12.8. The Morgan fingerprint density at radius 3 is 1.96 bits per heavy atom. The van der Waals surface area contributed by atoms with Crippen LogP contribution in [0.4, 0.5) is 5.69 Å². The quantitative estimate of drug-likeness (QED) is 0.707. The topological polar surface area (TPSA) is 63.5 Å². The van der Waals surface area contributed by atoms with Crippen LogP contribution in [0.3, 0.4) is 0 Å². The maximum atomic E-state index is 12.8. The van der Waals surface area contributed by atoms with E-state index in [0.717, 1.165) is 17.1 Å². The van der Waals surface area contributed by atoms with Crippen molar-refractivity contribution in [2.45, 2.75) is 32.9 Å². The Balaban J connectivity index is 1.80. The second-order valence-corrected chi connectivity index (χ2v) is 6.94. The number of carbonyl (C=O) groups is 1. The van der Waals surface area contributed by atoms with Crippen LogP contribution < -0.4 is 10.6 Å². The number of nitrogens with zero attached hydrogens (tertiary/aromatic N) is 2. The van der Waals surface area contributed by atoms with Crippen LogP contribution in [0.25, 0.3) is 0 Å². The molecule has 0 unspecified atom stereocenters. The molecule has 0 aliphatic carbocycles. The molecule has 1 heterocycles. The van der Waals surface area contributed by atoms with E-state index in [2.05, 4.69) is 40.0 Å². The average molecular weight is 363 g/mol. The van der Waals surface area contributed by atoms with Gasteiger partial charge in [-0.25, -0.2) is 0 Å². The van der Waals surface area contributed by atoms with Crippen molar-refractivity contribution < 1.29 is 10.1 Å². The van der Waals surface area contributed by atoms with Gasteiger partial charge in [-0.15, -0.1) is 0 Å². The van der Waals surface area contributed by atoms with E-state index in [4.69, 9.17) is 0 Å². The summed E-state index contributed by atoms with van der Waals surface area (Å²) in [4.78, 5) is 12.8. The molecule has 0 spiro atoms. The highest BCUT2D eigenvalue weighted by atomic mass is 16.2. The van der Waals surface area contributed by atoms with Crippen LogP contribution >= 0.6 is 0 Å². The lowest BCUT2D eigenvalue weighted by molar-refractivity contribution is -0.704. The van der Waals surface area contributed by atoms with Gasteiger partial charge in [0.05, 0.1) is 17.1 Å². The Labute approximate surface area is 160 Å². The molecule has 1 aromatic heterocycles. The lowest BCUT2D eigenvalue weighted by Crippen LogP contribution is -2.92. The van der Waals surface area contributed by atoms with E-state index in [0.29, 0.717) is 0 Å². The molecule has 0 saturated heterocycles. The summed E-state index contributed by atoms with van der Waals surface area (Å²) in [6, 6.07) is 20.4. The fourth-order valence-corrected chi connectivity index (χ4v) is 3.30. The summed E-state index contributed by atoms with van der Waals surface area (Å²) >= 11 is 0. The SMILES string of the molecule is Cc1nn(C)c(C)c1NC(=O)[C@@H](C)[NH2+]C(c1ccccc1)c1ccccc1. The van der Waals surface area contributed by atoms with E-state index in [1.165, 1.54) is 11.1 Å². The third-order valence-electron chi connectivity index (χ3n) is 4.97. The Morgan fingerprint density at radius 1 is 1.00 bits per heavy atom. The molecule has 1 atom stereocenters. The first-order valence-corrected chi connectivity index (χ1v) is 9.23. The number of benzene rings is 2. The molecule has 1 amide bonds. The van der Waals surface area contributed by atoms with Gasteiger partial charge in [0, 0.05) is 18.2 Å². The zero-order valence-electron chi connectivity index (χ0n) is 16.3. The van der Waals surface area contributed by atoms with Crippen molar-refractivity contribution in [3.8, 4) is 0 Å². The molecule has 3 rings (SSSR count). The highest BCUT2D eigenvalue weighted by Crippen LogP contribution is 2.20. The molecule has 140 valence electrons. The van der Waals surface area contributed by atoms with E-state index in [9.17, 15) is 4.79 Å². The van der Waals surface area contributed by atoms with Crippen molar-refractivity contribution in [3.63, 3.8) is 0 Å². The van der Waals surface area contributed by atoms with Crippen molar-refractivity contribution in [2.75, 3.05) is 5.32 Å². The summed E-state index contributed by atoms with van der Waals surface area (Å²) in [6.45, 7) is 5.81. The number of quaternary nitrogens is 1. The molecule has 2 aromatic carbocycles. The molecule has 0 aliphatic heterocycles. The van der Waals surface area contributed by atoms with Crippen molar-refractivity contribution in [1.29, 1.82) is 0 Å². The van der Waals surface area contributed by atoms with Crippen molar-refractivity contribution in [1.82, 2.24) is 9.78 Å². The van der Waals surface area contributed by atoms with Gasteiger partial charge < -0.3 is 10.6 Å². The van der Waals surface area contributed by atoms with Crippen LogP contribution in [0, 0.1) is 13.8 Å². The van der Waals surface area contributed by atoms with Crippen molar-refractivity contribution in [3.05, 3.63) is 83.2 Å². The monoisotopic (exact) mass is 363 g/mol. The molecule has 0 saturated carbocycles. The highest BCUT2D eigenvalue weighted by Gasteiger charge is 2.26. The molecule has 5 heteroatoms. The standard InChI is InChI=1S/C22H26N4O/c1-15-20(17(3)26(4)25-15)24-22(27)16(2)23-21(18-11-7-5-8-12-18)19-13-9-6-10-14-19/h5-14,16,21,23H,1-4H3,(H,24,27)/p+1/t16-/m1/s1. The summed E-state index contributed by atoms with van der Waals surface area (Å²) in [5, 5.41) is 9.54. The molecule has 0 fully saturated rings. The summed E-state index contributed by atoms with van der Waals surface area (Å²) < 4.78 is 1.79. The Kier molecular flexibility index (Phi) is 5.72. The van der Waals surface area contributed by atoms with Gasteiger partial charge in [0.2, 0.25) is 0 Å². The number of aryl methyl sites for hydroxylation is 2. The predicted octanol–water partition coefficient (Wildman–Crippen LogP) is 2.72. The van der Waals surface area contributed by atoms with Gasteiger partial charge in [-0.05, 0) is 20.8 Å². The fraction of sp³-hybridized carbons (Fsp3) is 0.273. The molecule has 0 bridgehead atoms. The smallest absolute Gasteiger partial charge is 0.282 e. The minimum absolute atomic E-state index is 0.0222. The first kappa shape index (κ1) is 18.9. The second-order valence-electron chi connectivity index (χ2n) is 6.94. The second kappa shape index (κ2) is 8.18. The number of aromatic nitrogens is 2. The average Bonchev–Trinajstić information content (AvgIpc) is 2.93. The van der Waals surface area contributed by atoms with Crippen molar-refractivity contribution in [2.24, 2.45) is 7.05 Å². The molecule has 5 nitrogen and oxygen atoms in total. The van der Waals surface area contributed by atoms with Gasteiger partial charge in [0.15, 0.2) is 6.04 Å². The van der Waals surface area contributed by atoms with Gasteiger partial charge in [0.1, 0.15) is 6.04 Å². The largest absolute Gasteiger partial charge is 0.326 e. The van der Waals surface area contributed by atoms with Gasteiger partial charge in [-0.1, -0.05) is 60.7 Å². The van der Waals surface area contributed by atoms with E-state index in [1.54, 1.807) is 4.68 Å². The Morgan fingerprint density at radius 2 is 1.52 bits per heavy atom. The number of nitrogens with two attached hydrogens (primary N) is 1. The fourth-order valence-electron chi connectivity index (χ4n) is 3.30. The van der Waals surface area contributed by atoms with E-state index in [1.807, 2.05) is 64.2 Å². The third-order valence-corrected chi connectivity index (χ3v) is 4.97. The third kappa shape index (κ3) is 4.26. The van der Waals surface area contributed by atoms with Crippen molar-refractivity contribution >= 4 is 11.6 Å². The number of carbonyl (C=O) groups excluding carboxylic acids is 1. The first-order valence-electron chi connectivity index (χ1n) is 9.23. The van der Waals surface area contributed by atoms with E-state index >= 15 is 0 Å². The zero-order chi connectivity index (χ0) is 19.4. The number of rotatable bonds is 6. The Bertz CT molecular complexity index is 863. The summed E-state index contributed by atoms with van der Waals surface area (Å²) in [6.07, 6.45) is 0. The summed E-state index contributed by atoms with van der Waals surface area (Å²) in [5.74, 6) is -0.0222. The van der Waals surface area contributed by atoms with Gasteiger partial charge in [-0.2, -0.15) is 5.10 Å². The van der Waals surface area contributed by atoms with Crippen LogP contribution in [0.2, 0.25) is 0 Å². The highest BCUT2D eigenvalue weighted by molar-refractivity contribution is 5.94. The first-order chi connectivity index (χ1) is 13.0. The number of hydrogen-bond donors (Lipinski definition) is 2. The molecule has 3 aromatic rings. The zero-order valence-corrected chi connectivity index (χ0v) is 16.3. The predicted molar refractivity (Wildman–Crippen MR) is 107 cm³/mol. The van der Waals surface area contributed by atoms with Gasteiger partial charge >= 0.3 is 0 Å². The lowest BCUT2D eigenvalue weighted by Gasteiger charge is -2.20. The van der Waals surface area contributed by atoms with Crippen LogP contribution in [0.5, 0.6) is 0 Å². The lowest BCUT2D eigenvalue weighted by atomic mass is 9.98. The minimum atomic E-state index is -0.255. The molecule has 0 radical (unpaired) electrons. The van der Waals surface area contributed by atoms with E-state index in [-0.39, 0.29) is 18.0 Å². The molecular formula is C22H27N4O+. The molecule has 3 N–H and O–H groups in total. The Hall–Kier alpha value is -2.92. The van der Waals surface area contributed by atoms with Gasteiger partial charge in [0.25, 0.3) is 5.91 Å². The number of amides is 1. The summed E-state index contributed by atoms with van der Waals surface area (Å²) in [5.41, 5.74) is 4.95. The minimum Gasteiger partial charge on any atom is -0.326 e.